The summed E-state index contributed by atoms with van der Waals surface area (Å²) in [5.41, 5.74) is 3.32. The molecular formula is C22H27NO4. The Morgan fingerprint density at radius 2 is 1.56 bits per heavy atom. The van der Waals surface area contributed by atoms with Gasteiger partial charge in [0.25, 0.3) is 5.91 Å². The summed E-state index contributed by atoms with van der Waals surface area (Å²) in [6.45, 7) is 5.83. The van der Waals surface area contributed by atoms with Gasteiger partial charge in [0.1, 0.15) is 0 Å². The number of ether oxygens (including phenoxy) is 1. The predicted molar refractivity (Wildman–Crippen MR) is 104 cm³/mol. The standard InChI is InChI=1S/C22H27NO4/c1-15(2)12-17-4-8-19(9-5-17)16(3)23-21(25)14-27-22(26)20-10-6-18(13-24)7-11-20/h4-11,15-16,24H,12-14H2,1-3H3,(H,23,25)/t16-/m1/s1. The molecule has 27 heavy (non-hydrogen) atoms. The number of carbonyl (C=O) groups is 2. The van der Waals surface area contributed by atoms with E-state index >= 15 is 0 Å². The van der Waals surface area contributed by atoms with Crippen LogP contribution in [-0.4, -0.2) is 23.6 Å². The van der Waals surface area contributed by atoms with Crippen molar-refractivity contribution in [3.8, 4) is 0 Å². The zero-order valence-corrected chi connectivity index (χ0v) is 16.1. The number of aliphatic hydroxyl groups is 1. The SMILES string of the molecule is CC(C)Cc1ccc([C@@H](C)NC(=O)COC(=O)c2ccc(CO)cc2)cc1. The Balaban J connectivity index is 1.82. The number of amides is 1. The lowest BCUT2D eigenvalue weighted by Crippen LogP contribution is -2.31. The molecular weight excluding hydrogens is 342 g/mol. The van der Waals surface area contributed by atoms with Gasteiger partial charge in [-0.3, -0.25) is 4.79 Å². The first kappa shape index (κ1) is 20.6. The van der Waals surface area contributed by atoms with Gasteiger partial charge in [-0.2, -0.15) is 0 Å². The summed E-state index contributed by atoms with van der Waals surface area (Å²) < 4.78 is 5.05. The van der Waals surface area contributed by atoms with Crippen LogP contribution in [-0.2, 0) is 22.6 Å². The molecule has 0 bridgehead atoms. The molecule has 0 aliphatic carbocycles. The molecule has 2 N–H and O–H groups in total. The molecule has 5 heteroatoms. The average molecular weight is 369 g/mol. The van der Waals surface area contributed by atoms with E-state index in [9.17, 15) is 9.59 Å². The van der Waals surface area contributed by atoms with Crippen LogP contribution in [0.25, 0.3) is 0 Å². The Labute approximate surface area is 160 Å². The Bertz CT molecular complexity index is 751. The van der Waals surface area contributed by atoms with Gasteiger partial charge in [-0.1, -0.05) is 50.2 Å². The number of esters is 1. The van der Waals surface area contributed by atoms with Gasteiger partial charge in [-0.05, 0) is 48.1 Å². The Hall–Kier alpha value is -2.66. The monoisotopic (exact) mass is 369 g/mol. The van der Waals surface area contributed by atoms with E-state index in [1.165, 1.54) is 5.56 Å². The number of hydrogen-bond acceptors (Lipinski definition) is 4. The number of hydrogen-bond donors (Lipinski definition) is 2. The Kier molecular flexibility index (Phi) is 7.55. The van der Waals surface area contributed by atoms with Crippen LogP contribution < -0.4 is 5.32 Å². The average Bonchev–Trinajstić information content (AvgIpc) is 2.66. The van der Waals surface area contributed by atoms with E-state index in [2.05, 4.69) is 31.3 Å². The molecule has 5 nitrogen and oxygen atoms in total. The molecule has 0 fully saturated rings. The highest BCUT2D eigenvalue weighted by Crippen LogP contribution is 2.15. The summed E-state index contributed by atoms with van der Waals surface area (Å²) in [7, 11) is 0. The molecule has 2 rings (SSSR count). The number of aliphatic hydroxyl groups excluding tert-OH is 1. The summed E-state index contributed by atoms with van der Waals surface area (Å²) in [6, 6.07) is 14.4. The van der Waals surface area contributed by atoms with E-state index in [1.54, 1.807) is 24.3 Å². The zero-order chi connectivity index (χ0) is 19.8. The first-order chi connectivity index (χ1) is 12.9. The molecule has 1 atom stereocenters. The van der Waals surface area contributed by atoms with E-state index in [-0.39, 0.29) is 25.2 Å². The van der Waals surface area contributed by atoms with E-state index in [1.807, 2.05) is 19.1 Å². The molecule has 0 saturated carbocycles. The van der Waals surface area contributed by atoms with Crippen molar-refractivity contribution in [2.75, 3.05) is 6.61 Å². The molecule has 2 aromatic carbocycles. The predicted octanol–water partition coefficient (Wildman–Crippen LogP) is 3.41. The summed E-state index contributed by atoms with van der Waals surface area (Å²) in [5.74, 6) is -0.322. The third-order valence-corrected chi connectivity index (χ3v) is 4.21. The molecule has 0 radical (unpaired) electrons. The summed E-state index contributed by atoms with van der Waals surface area (Å²) in [5, 5.41) is 11.8. The van der Waals surface area contributed by atoms with Gasteiger partial charge >= 0.3 is 5.97 Å². The quantitative estimate of drug-likeness (QED) is 0.699. The number of carbonyl (C=O) groups excluding carboxylic acids is 2. The summed E-state index contributed by atoms with van der Waals surface area (Å²) in [6.07, 6.45) is 1.02. The van der Waals surface area contributed by atoms with Gasteiger partial charge in [0.05, 0.1) is 18.2 Å². The molecule has 0 heterocycles. The van der Waals surface area contributed by atoms with Crippen molar-refractivity contribution in [3.05, 3.63) is 70.8 Å². The number of nitrogens with one attached hydrogen (secondary N) is 1. The molecule has 0 aromatic heterocycles. The molecule has 0 unspecified atom stereocenters. The van der Waals surface area contributed by atoms with E-state index in [0.717, 1.165) is 12.0 Å². The van der Waals surface area contributed by atoms with E-state index < -0.39 is 5.97 Å². The van der Waals surface area contributed by atoms with Crippen LogP contribution in [0, 0.1) is 5.92 Å². The number of rotatable bonds is 8. The van der Waals surface area contributed by atoms with Gasteiger partial charge in [0, 0.05) is 0 Å². The molecule has 0 aliphatic rings. The second-order valence-corrected chi connectivity index (χ2v) is 7.06. The first-order valence-electron chi connectivity index (χ1n) is 9.14. The fourth-order valence-electron chi connectivity index (χ4n) is 2.74. The third-order valence-electron chi connectivity index (χ3n) is 4.21. The Morgan fingerprint density at radius 3 is 2.11 bits per heavy atom. The fraction of sp³-hybridized carbons (Fsp3) is 0.364. The lowest BCUT2D eigenvalue weighted by atomic mass is 10.00. The minimum atomic E-state index is -0.569. The van der Waals surface area contributed by atoms with Crippen molar-refractivity contribution in [3.63, 3.8) is 0 Å². The second kappa shape index (κ2) is 9.88. The second-order valence-electron chi connectivity index (χ2n) is 7.06. The highest BCUT2D eigenvalue weighted by molar-refractivity contribution is 5.91. The number of benzene rings is 2. The molecule has 2 aromatic rings. The molecule has 1 amide bonds. The molecule has 144 valence electrons. The van der Waals surface area contributed by atoms with Gasteiger partial charge in [0.2, 0.25) is 0 Å². The van der Waals surface area contributed by atoms with Crippen molar-refractivity contribution in [2.45, 2.75) is 39.8 Å². The van der Waals surface area contributed by atoms with Gasteiger partial charge < -0.3 is 15.2 Å². The van der Waals surface area contributed by atoms with Crippen LogP contribution in [0.1, 0.15) is 53.9 Å². The minimum absolute atomic E-state index is 0.0892. The summed E-state index contributed by atoms with van der Waals surface area (Å²) in [4.78, 5) is 24.0. The topological polar surface area (TPSA) is 75.6 Å². The maximum Gasteiger partial charge on any atom is 0.338 e. The minimum Gasteiger partial charge on any atom is -0.452 e. The van der Waals surface area contributed by atoms with Crippen molar-refractivity contribution in [1.29, 1.82) is 0 Å². The lowest BCUT2D eigenvalue weighted by molar-refractivity contribution is -0.124. The summed E-state index contributed by atoms with van der Waals surface area (Å²) >= 11 is 0. The van der Waals surface area contributed by atoms with E-state index in [0.29, 0.717) is 17.0 Å². The maximum absolute atomic E-state index is 12.1. The van der Waals surface area contributed by atoms with Crippen molar-refractivity contribution >= 4 is 11.9 Å². The van der Waals surface area contributed by atoms with Crippen LogP contribution in [0.2, 0.25) is 0 Å². The smallest absolute Gasteiger partial charge is 0.338 e. The lowest BCUT2D eigenvalue weighted by Gasteiger charge is -2.15. The van der Waals surface area contributed by atoms with Crippen LogP contribution in [0.4, 0.5) is 0 Å². The highest BCUT2D eigenvalue weighted by atomic mass is 16.5. The Morgan fingerprint density at radius 1 is 0.963 bits per heavy atom. The van der Waals surface area contributed by atoms with Crippen molar-refractivity contribution < 1.29 is 19.4 Å². The van der Waals surface area contributed by atoms with Crippen LogP contribution in [0.15, 0.2) is 48.5 Å². The highest BCUT2D eigenvalue weighted by Gasteiger charge is 2.13. The van der Waals surface area contributed by atoms with Gasteiger partial charge in [0.15, 0.2) is 6.61 Å². The normalized spacial score (nSPS) is 11.9. The largest absolute Gasteiger partial charge is 0.452 e. The maximum atomic E-state index is 12.1. The first-order valence-corrected chi connectivity index (χ1v) is 9.14. The van der Waals surface area contributed by atoms with Gasteiger partial charge in [-0.25, -0.2) is 4.79 Å². The van der Waals surface area contributed by atoms with Gasteiger partial charge in [-0.15, -0.1) is 0 Å². The van der Waals surface area contributed by atoms with Crippen LogP contribution in [0.3, 0.4) is 0 Å². The third kappa shape index (κ3) is 6.53. The zero-order valence-electron chi connectivity index (χ0n) is 16.1. The molecule has 0 aliphatic heterocycles. The molecule has 0 spiro atoms. The van der Waals surface area contributed by atoms with Crippen LogP contribution in [0.5, 0.6) is 0 Å². The fourth-order valence-corrected chi connectivity index (χ4v) is 2.74. The molecule has 0 saturated heterocycles. The van der Waals surface area contributed by atoms with Crippen LogP contribution >= 0.6 is 0 Å². The van der Waals surface area contributed by atoms with Crippen molar-refractivity contribution in [1.82, 2.24) is 5.32 Å². The van der Waals surface area contributed by atoms with Crippen molar-refractivity contribution in [2.24, 2.45) is 5.92 Å². The van der Waals surface area contributed by atoms with E-state index in [4.69, 9.17) is 9.84 Å².